The van der Waals surface area contributed by atoms with Gasteiger partial charge in [-0.2, -0.15) is 0 Å². The van der Waals surface area contributed by atoms with Crippen molar-refractivity contribution in [2.45, 2.75) is 44.6 Å². The minimum atomic E-state index is -0.393. The molecule has 0 amide bonds. The van der Waals surface area contributed by atoms with Gasteiger partial charge in [0.1, 0.15) is 0 Å². The molecule has 2 aliphatic rings. The van der Waals surface area contributed by atoms with Gasteiger partial charge in [0, 0.05) is 6.04 Å². The van der Waals surface area contributed by atoms with E-state index in [1.165, 1.54) is 25.7 Å². The van der Waals surface area contributed by atoms with Crippen molar-refractivity contribution >= 4 is 11.9 Å². The standard InChI is InChI=1S/C11H17NO3/c13-10-7-12(8-11(14)15-10)9-5-3-1-2-4-6-9/h9H,1-8H2. The Morgan fingerprint density at radius 3 is 2.00 bits per heavy atom. The van der Waals surface area contributed by atoms with Crippen molar-refractivity contribution in [3.8, 4) is 0 Å². The van der Waals surface area contributed by atoms with Gasteiger partial charge in [-0.3, -0.25) is 14.5 Å². The maximum atomic E-state index is 11.1. The molecule has 1 aliphatic carbocycles. The van der Waals surface area contributed by atoms with E-state index in [2.05, 4.69) is 4.74 Å². The van der Waals surface area contributed by atoms with Gasteiger partial charge in [0.2, 0.25) is 0 Å². The predicted octanol–water partition coefficient (Wildman–Crippen LogP) is 1.09. The fraction of sp³-hybridized carbons (Fsp3) is 0.818. The van der Waals surface area contributed by atoms with E-state index in [4.69, 9.17) is 0 Å². The van der Waals surface area contributed by atoms with Gasteiger partial charge < -0.3 is 4.74 Å². The van der Waals surface area contributed by atoms with Crippen molar-refractivity contribution in [1.29, 1.82) is 0 Å². The molecular formula is C11H17NO3. The van der Waals surface area contributed by atoms with Crippen LogP contribution in [0.1, 0.15) is 38.5 Å². The second kappa shape index (κ2) is 4.75. The summed E-state index contributed by atoms with van der Waals surface area (Å²) >= 11 is 0. The fourth-order valence-electron chi connectivity index (χ4n) is 2.46. The Bertz CT molecular complexity index is 241. The van der Waals surface area contributed by atoms with Gasteiger partial charge in [-0.1, -0.05) is 25.7 Å². The summed E-state index contributed by atoms with van der Waals surface area (Å²) in [5.74, 6) is -0.786. The number of carbonyl (C=O) groups excluding carboxylic acids is 2. The summed E-state index contributed by atoms with van der Waals surface area (Å²) < 4.78 is 4.52. The Morgan fingerprint density at radius 1 is 0.933 bits per heavy atom. The number of ether oxygens (including phenoxy) is 1. The van der Waals surface area contributed by atoms with Gasteiger partial charge in [-0.25, -0.2) is 0 Å². The van der Waals surface area contributed by atoms with E-state index in [0.717, 1.165) is 12.8 Å². The molecule has 1 heterocycles. The normalized spacial score (nSPS) is 26.1. The summed E-state index contributed by atoms with van der Waals surface area (Å²) in [6.45, 7) is 0.576. The van der Waals surface area contributed by atoms with E-state index in [9.17, 15) is 9.59 Å². The fourth-order valence-corrected chi connectivity index (χ4v) is 2.46. The van der Waals surface area contributed by atoms with Gasteiger partial charge >= 0.3 is 11.9 Å². The second-order valence-electron chi connectivity index (χ2n) is 4.40. The van der Waals surface area contributed by atoms with Crippen molar-refractivity contribution in [2.24, 2.45) is 0 Å². The van der Waals surface area contributed by atoms with Gasteiger partial charge in [0.15, 0.2) is 0 Å². The van der Waals surface area contributed by atoms with Gasteiger partial charge in [-0.05, 0) is 12.8 Å². The van der Waals surface area contributed by atoms with Gasteiger partial charge in [-0.15, -0.1) is 0 Å². The molecular weight excluding hydrogens is 194 g/mol. The van der Waals surface area contributed by atoms with Crippen molar-refractivity contribution < 1.29 is 14.3 Å². The first-order valence-corrected chi connectivity index (χ1v) is 5.73. The van der Waals surface area contributed by atoms with Crippen LogP contribution in [0.25, 0.3) is 0 Å². The third-order valence-electron chi connectivity index (χ3n) is 3.23. The first kappa shape index (κ1) is 10.6. The number of esters is 2. The number of cyclic esters (lactones) is 2. The summed E-state index contributed by atoms with van der Waals surface area (Å²) in [6, 6.07) is 0.407. The van der Waals surface area contributed by atoms with Crippen LogP contribution in [-0.4, -0.2) is 36.0 Å². The number of morpholine rings is 1. The molecule has 0 bridgehead atoms. The molecule has 2 fully saturated rings. The monoisotopic (exact) mass is 211 g/mol. The van der Waals surface area contributed by atoms with Crippen molar-refractivity contribution in [1.82, 2.24) is 4.90 Å². The summed E-state index contributed by atoms with van der Waals surface area (Å²) in [4.78, 5) is 24.2. The van der Waals surface area contributed by atoms with E-state index < -0.39 is 11.9 Å². The lowest BCUT2D eigenvalue weighted by Crippen LogP contribution is -2.48. The number of rotatable bonds is 1. The molecule has 0 aromatic heterocycles. The summed E-state index contributed by atoms with van der Waals surface area (Å²) in [5, 5.41) is 0. The third kappa shape index (κ3) is 2.78. The van der Waals surface area contributed by atoms with Crippen LogP contribution >= 0.6 is 0 Å². The lowest BCUT2D eigenvalue weighted by Gasteiger charge is -2.31. The highest BCUT2D eigenvalue weighted by Gasteiger charge is 2.30. The van der Waals surface area contributed by atoms with E-state index in [1.54, 1.807) is 0 Å². The summed E-state index contributed by atoms with van der Waals surface area (Å²) in [7, 11) is 0. The van der Waals surface area contributed by atoms with Crippen molar-refractivity contribution in [3.05, 3.63) is 0 Å². The molecule has 0 radical (unpaired) electrons. The SMILES string of the molecule is O=C1CN(C2CCCCCC2)CC(=O)O1. The molecule has 15 heavy (non-hydrogen) atoms. The summed E-state index contributed by atoms with van der Waals surface area (Å²) in [6.07, 6.45) is 7.21. The van der Waals surface area contributed by atoms with Gasteiger partial charge in [0.25, 0.3) is 0 Å². The molecule has 1 aliphatic heterocycles. The Labute approximate surface area is 89.6 Å². The Balaban J connectivity index is 1.95. The number of hydrogen-bond acceptors (Lipinski definition) is 4. The molecule has 0 aromatic rings. The lowest BCUT2D eigenvalue weighted by atomic mass is 10.1. The Morgan fingerprint density at radius 2 is 1.47 bits per heavy atom. The van der Waals surface area contributed by atoms with E-state index in [1.807, 2.05) is 4.90 Å². The molecule has 1 saturated carbocycles. The topological polar surface area (TPSA) is 46.6 Å². The van der Waals surface area contributed by atoms with E-state index >= 15 is 0 Å². The molecule has 2 rings (SSSR count). The number of nitrogens with zero attached hydrogens (tertiary/aromatic N) is 1. The van der Waals surface area contributed by atoms with Crippen LogP contribution in [0.5, 0.6) is 0 Å². The zero-order chi connectivity index (χ0) is 10.7. The molecule has 4 nitrogen and oxygen atoms in total. The highest BCUT2D eigenvalue weighted by Crippen LogP contribution is 2.22. The van der Waals surface area contributed by atoms with Crippen LogP contribution in [0.4, 0.5) is 0 Å². The minimum Gasteiger partial charge on any atom is -0.391 e. The second-order valence-corrected chi connectivity index (χ2v) is 4.40. The van der Waals surface area contributed by atoms with Gasteiger partial charge in [0.05, 0.1) is 13.1 Å². The van der Waals surface area contributed by atoms with Crippen molar-refractivity contribution in [3.63, 3.8) is 0 Å². The van der Waals surface area contributed by atoms with Crippen LogP contribution in [-0.2, 0) is 14.3 Å². The Kier molecular flexibility index (Phi) is 3.36. The van der Waals surface area contributed by atoms with Crippen LogP contribution < -0.4 is 0 Å². The lowest BCUT2D eigenvalue weighted by molar-refractivity contribution is -0.168. The maximum absolute atomic E-state index is 11.1. The van der Waals surface area contributed by atoms with Crippen LogP contribution in [0.3, 0.4) is 0 Å². The largest absolute Gasteiger partial charge is 0.391 e. The predicted molar refractivity (Wildman–Crippen MR) is 54.2 cm³/mol. The molecule has 0 spiro atoms. The molecule has 0 aromatic carbocycles. The molecule has 0 N–H and O–H groups in total. The van der Waals surface area contributed by atoms with Crippen LogP contribution in [0, 0.1) is 0 Å². The zero-order valence-electron chi connectivity index (χ0n) is 8.91. The third-order valence-corrected chi connectivity index (χ3v) is 3.23. The first-order chi connectivity index (χ1) is 7.25. The molecule has 4 heteroatoms. The minimum absolute atomic E-state index is 0.288. The van der Waals surface area contributed by atoms with Crippen LogP contribution in [0.15, 0.2) is 0 Å². The summed E-state index contributed by atoms with van der Waals surface area (Å²) in [5.41, 5.74) is 0. The molecule has 1 saturated heterocycles. The first-order valence-electron chi connectivity index (χ1n) is 5.73. The quantitative estimate of drug-likeness (QED) is 0.370. The maximum Gasteiger partial charge on any atom is 0.327 e. The zero-order valence-corrected chi connectivity index (χ0v) is 8.91. The molecule has 0 atom stereocenters. The van der Waals surface area contributed by atoms with Crippen molar-refractivity contribution in [2.75, 3.05) is 13.1 Å². The van der Waals surface area contributed by atoms with Crippen LogP contribution in [0.2, 0.25) is 0 Å². The molecule has 84 valence electrons. The average Bonchev–Trinajstić information content (AvgIpc) is 2.43. The number of hydrogen-bond donors (Lipinski definition) is 0. The van der Waals surface area contributed by atoms with E-state index in [-0.39, 0.29) is 13.1 Å². The number of carbonyl (C=O) groups is 2. The highest BCUT2D eigenvalue weighted by atomic mass is 16.6. The Hall–Kier alpha value is -0.900. The highest BCUT2D eigenvalue weighted by molar-refractivity contribution is 5.90. The average molecular weight is 211 g/mol. The smallest absolute Gasteiger partial charge is 0.327 e. The molecule has 0 unspecified atom stereocenters. The van der Waals surface area contributed by atoms with E-state index in [0.29, 0.717) is 6.04 Å².